The van der Waals surface area contributed by atoms with E-state index in [1.807, 2.05) is 18.2 Å². The maximum atomic E-state index is 13.3. The SMILES string of the molecule is COc1ccc(OC)c(C2CCCN2C(=O)C2CCC(C(C)(C)C)CC2)c1. The molecule has 0 bridgehead atoms. The molecule has 2 aliphatic rings. The highest BCUT2D eigenvalue weighted by molar-refractivity contribution is 5.80. The normalized spacial score (nSPS) is 26.1. The lowest BCUT2D eigenvalue weighted by Crippen LogP contribution is -2.38. The molecule has 4 nitrogen and oxygen atoms in total. The molecular formula is C23H35NO3. The molecule has 1 aliphatic carbocycles. The molecule has 0 N–H and O–H groups in total. The molecule has 1 aliphatic heterocycles. The van der Waals surface area contributed by atoms with Gasteiger partial charge in [-0.1, -0.05) is 20.8 Å². The Kier molecular flexibility index (Phi) is 6.02. The van der Waals surface area contributed by atoms with Crippen LogP contribution in [0, 0.1) is 17.3 Å². The van der Waals surface area contributed by atoms with Gasteiger partial charge >= 0.3 is 0 Å². The Morgan fingerprint density at radius 3 is 2.33 bits per heavy atom. The summed E-state index contributed by atoms with van der Waals surface area (Å²) in [4.78, 5) is 15.5. The number of likely N-dealkylation sites (tertiary alicyclic amines) is 1. The van der Waals surface area contributed by atoms with Gasteiger partial charge in [-0.2, -0.15) is 0 Å². The monoisotopic (exact) mass is 373 g/mol. The summed E-state index contributed by atoms with van der Waals surface area (Å²) in [5.74, 6) is 2.91. The minimum atomic E-state index is 0.0999. The molecule has 1 unspecified atom stereocenters. The van der Waals surface area contributed by atoms with E-state index in [4.69, 9.17) is 9.47 Å². The van der Waals surface area contributed by atoms with Crippen LogP contribution in [0.5, 0.6) is 11.5 Å². The van der Waals surface area contributed by atoms with Gasteiger partial charge in [0.25, 0.3) is 0 Å². The molecule has 150 valence electrons. The van der Waals surface area contributed by atoms with Crippen molar-refractivity contribution < 1.29 is 14.3 Å². The maximum Gasteiger partial charge on any atom is 0.226 e. The van der Waals surface area contributed by atoms with Crippen LogP contribution in [0.1, 0.15) is 70.9 Å². The first-order valence-corrected chi connectivity index (χ1v) is 10.4. The van der Waals surface area contributed by atoms with Crippen LogP contribution in [0.4, 0.5) is 0 Å². The largest absolute Gasteiger partial charge is 0.497 e. The zero-order valence-electron chi connectivity index (χ0n) is 17.6. The van der Waals surface area contributed by atoms with Crippen LogP contribution < -0.4 is 9.47 Å². The smallest absolute Gasteiger partial charge is 0.226 e. The third-order valence-corrected chi connectivity index (χ3v) is 6.63. The number of nitrogens with zero attached hydrogens (tertiary/aromatic N) is 1. The number of ether oxygens (including phenoxy) is 2. The molecule has 1 aromatic rings. The van der Waals surface area contributed by atoms with Gasteiger partial charge in [0.2, 0.25) is 5.91 Å². The standard InChI is InChI=1S/C23H35NO3/c1-23(2,3)17-10-8-16(9-11-17)22(25)24-14-6-7-20(24)19-15-18(26-4)12-13-21(19)27-5/h12-13,15-17,20H,6-11,14H2,1-5H3. The predicted octanol–water partition coefficient (Wildman–Crippen LogP) is 5.22. The Morgan fingerprint density at radius 2 is 1.74 bits per heavy atom. The molecule has 1 amide bonds. The van der Waals surface area contributed by atoms with Crippen LogP contribution in [0.25, 0.3) is 0 Å². The molecule has 1 aromatic carbocycles. The fraction of sp³-hybridized carbons (Fsp3) is 0.696. The number of benzene rings is 1. The molecule has 1 saturated carbocycles. The van der Waals surface area contributed by atoms with E-state index >= 15 is 0 Å². The summed E-state index contributed by atoms with van der Waals surface area (Å²) in [6, 6.07) is 6.00. The summed E-state index contributed by atoms with van der Waals surface area (Å²) >= 11 is 0. The summed E-state index contributed by atoms with van der Waals surface area (Å²) in [5.41, 5.74) is 1.42. The Balaban J connectivity index is 1.74. The Bertz CT molecular complexity index is 656. The highest BCUT2D eigenvalue weighted by atomic mass is 16.5. The molecule has 0 radical (unpaired) electrons. The van der Waals surface area contributed by atoms with Gasteiger partial charge in [0.1, 0.15) is 11.5 Å². The molecule has 1 atom stereocenters. The highest BCUT2D eigenvalue weighted by Crippen LogP contribution is 2.43. The third-order valence-electron chi connectivity index (χ3n) is 6.63. The van der Waals surface area contributed by atoms with E-state index in [2.05, 4.69) is 25.7 Å². The molecule has 27 heavy (non-hydrogen) atoms. The average Bonchev–Trinajstić information content (AvgIpc) is 3.15. The zero-order valence-corrected chi connectivity index (χ0v) is 17.6. The van der Waals surface area contributed by atoms with Crippen molar-refractivity contribution in [2.75, 3.05) is 20.8 Å². The van der Waals surface area contributed by atoms with Crippen LogP contribution in [0.2, 0.25) is 0 Å². The van der Waals surface area contributed by atoms with Crippen molar-refractivity contribution in [2.24, 2.45) is 17.3 Å². The molecule has 2 fully saturated rings. The van der Waals surface area contributed by atoms with Gasteiger partial charge in [-0.15, -0.1) is 0 Å². The molecule has 1 heterocycles. The predicted molar refractivity (Wildman–Crippen MR) is 108 cm³/mol. The first-order chi connectivity index (χ1) is 12.8. The molecule has 0 aromatic heterocycles. The van der Waals surface area contributed by atoms with Crippen molar-refractivity contribution in [1.29, 1.82) is 0 Å². The second-order valence-electron chi connectivity index (χ2n) is 9.21. The van der Waals surface area contributed by atoms with E-state index in [1.165, 1.54) is 12.8 Å². The number of hydrogen-bond acceptors (Lipinski definition) is 3. The Labute approximate surface area is 164 Å². The van der Waals surface area contributed by atoms with E-state index in [0.717, 1.165) is 55.2 Å². The molecular weight excluding hydrogens is 338 g/mol. The number of amides is 1. The second kappa shape index (κ2) is 8.12. The van der Waals surface area contributed by atoms with Crippen LogP contribution in [-0.2, 0) is 4.79 Å². The van der Waals surface area contributed by atoms with E-state index in [0.29, 0.717) is 11.3 Å². The number of carbonyl (C=O) groups excluding carboxylic acids is 1. The van der Waals surface area contributed by atoms with Crippen molar-refractivity contribution in [3.63, 3.8) is 0 Å². The van der Waals surface area contributed by atoms with E-state index in [1.54, 1.807) is 14.2 Å². The number of carbonyl (C=O) groups is 1. The lowest BCUT2D eigenvalue weighted by atomic mass is 9.69. The topological polar surface area (TPSA) is 38.8 Å². The van der Waals surface area contributed by atoms with Crippen molar-refractivity contribution in [1.82, 2.24) is 4.90 Å². The van der Waals surface area contributed by atoms with Crippen molar-refractivity contribution in [2.45, 2.75) is 65.3 Å². The van der Waals surface area contributed by atoms with Gasteiger partial charge in [-0.05, 0) is 68.1 Å². The van der Waals surface area contributed by atoms with E-state index in [9.17, 15) is 4.79 Å². The van der Waals surface area contributed by atoms with Gasteiger partial charge in [0.15, 0.2) is 0 Å². The van der Waals surface area contributed by atoms with E-state index in [-0.39, 0.29) is 12.0 Å². The first kappa shape index (κ1) is 20.0. The quantitative estimate of drug-likeness (QED) is 0.726. The molecule has 1 saturated heterocycles. The number of methoxy groups -OCH3 is 2. The third kappa shape index (κ3) is 4.25. The second-order valence-corrected chi connectivity index (χ2v) is 9.21. The van der Waals surface area contributed by atoms with Crippen LogP contribution >= 0.6 is 0 Å². The van der Waals surface area contributed by atoms with Crippen molar-refractivity contribution in [3.8, 4) is 11.5 Å². The van der Waals surface area contributed by atoms with Crippen molar-refractivity contribution in [3.05, 3.63) is 23.8 Å². The summed E-state index contributed by atoms with van der Waals surface area (Å²) in [5, 5.41) is 0. The van der Waals surface area contributed by atoms with Gasteiger partial charge in [-0.3, -0.25) is 4.79 Å². The zero-order chi connectivity index (χ0) is 19.6. The van der Waals surface area contributed by atoms with Crippen molar-refractivity contribution >= 4 is 5.91 Å². The van der Waals surface area contributed by atoms with Gasteiger partial charge < -0.3 is 14.4 Å². The Hall–Kier alpha value is -1.71. The maximum absolute atomic E-state index is 13.3. The van der Waals surface area contributed by atoms with Gasteiger partial charge in [0.05, 0.1) is 20.3 Å². The molecule has 3 rings (SSSR count). The first-order valence-electron chi connectivity index (χ1n) is 10.4. The lowest BCUT2D eigenvalue weighted by Gasteiger charge is -2.38. The summed E-state index contributed by atoms with van der Waals surface area (Å²) in [6.45, 7) is 7.82. The lowest BCUT2D eigenvalue weighted by molar-refractivity contribution is -0.138. The minimum Gasteiger partial charge on any atom is -0.497 e. The Morgan fingerprint density at radius 1 is 1.04 bits per heavy atom. The van der Waals surface area contributed by atoms with Crippen LogP contribution in [0.15, 0.2) is 18.2 Å². The summed E-state index contributed by atoms with van der Waals surface area (Å²) in [7, 11) is 3.37. The average molecular weight is 374 g/mol. The summed E-state index contributed by atoms with van der Waals surface area (Å²) < 4.78 is 11.0. The molecule has 0 spiro atoms. The number of rotatable bonds is 4. The summed E-state index contributed by atoms with van der Waals surface area (Å²) in [6.07, 6.45) is 6.43. The van der Waals surface area contributed by atoms with Crippen LogP contribution in [0.3, 0.4) is 0 Å². The van der Waals surface area contributed by atoms with Crippen LogP contribution in [-0.4, -0.2) is 31.6 Å². The fourth-order valence-electron chi connectivity index (χ4n) is 4.89. The van der Waals surface area contributed by atoms with E-state index < -0.39 is 0 Å². The molecule has 4 heteroatoms. The highest BCUT2D eigenvalue weighted by Gasteiger charge is 2.38. The fourth-order valence-corrected chi connectivity index (χ4v) is 4.89. The number of hydrogen-bond donors (Lipinski definition) is 0. The minimum absolute atomic E-state index is 0.0999. The van der Waals surface area contributed by atoms with Gasteiger partial charge in [-0.25, -0.2) is 0 Å². The van der Waals surface area contributed by atoms with Gasteiger partial charge in [0, 0.05) is 18.0 Å².